The fourth-order valence-electron chi connectivity index (χ4n) is 2.48. The summed E-state index contributed by atoms with van der Waals surface area (Å²) in [6, 6.07) is 0.631. The van der Waals surface area contributed by atoms with Crippen LogP contribution in [0.1, 0.15) is 12.8 Å². The van der Waals surface area contributed by atoms with E-state index < -0.39 is 39.7 Å². The van der Waals surface area contributed by atoms with E-state index >= 15 is 0 Å². The zero-order valence-corrected chi connectivity index (χ0v) is 23.0. The number of nitrogens with one attached hydrogen (secondary N) is 1. The van der Waals surface area contributed by atoms with Crippen LogP contribution in [0.5, 0.6) is 0 Å². The Morgan fingerprint density at radius 2 is 1.25 bits per heavy atom. The molecule has 0 unspecified atom stereocenters. The normalized spacial score (nSPS) is 13.3. The average Bonchev–Trinajstić information content (AvgIpc) is 2.37. The van der Waals surface area contributed by atoms with Crippen LogP contribution in [0, 0.1) is 0 Å². The predicted molar refractivity (Wildman–Crippen MR) is 123 cm³/mol. The molecule has 1 amide bonds. The minimum Gasteiger partial charge on any atom is -0.478 e. The van der Waals surface area contributed by atoms with E-state index in [2.05, 4.69) is 70.8 Å². The zero-order chi connectivity index (χ0) is 22.4. The third-order valence-electron chi connectivity index (χ3n) is 3.04. The molecule has 0 bridgehead atoms. The SMILES string of the molecule is C=C(CC(=O)NCCC[Si](O[Si](C)(C)C)(O[Si](C)(C)C)O[Si](C)(C)C)C(=O)O. The van der Waals surface area contributed by atoms with Crippen molar-refractivity contribution < 1.29 is 27.0 Å². The number of rotatable bonds is 13. The molecule has 0 aromatic heterocycles. The third kappa shape index (κ3) is 13.6. The molecule has 0 aromatic carbocycles. The van der Waals surface area contributed by atoms with Gasteiger partial charge in [-0.2, -0.15) is 0 Å². The van der Waals surface area contributed by atoms with Crippen LogP contribution < -0.4 is 5.32 Å². The van der Waals surface area contributed by atoms with Gasteiger partial charge in [0.2, 0.25) is 5.91 Å². The summed E-state index contributed by atoms with van der Waals surface area (Å²) in [4.78, 5) is 22.7. The van der Waals surface area contributed by atoms with Gasteiger partial charge >= 0.3 is 14.8 Å². The molecular formula is C17H39NO6Si4. The fraction of sp³-hybridized carbons (Fsp3) is 0.765. The second-order valence-corrected chi connectivity index (χ2v) is 26.9. The van der Waals surface area contributed by atoms with E-state index in [4.69, 9.17) is 17.5 Å². The highest BCUT2D eigenvalue weighted by molar-refractivity contribution is 6.90. The average molecular weight is 466 g/mol. The summed E-state index contributed by atoms with van der Waals surface area (Å²) in [7, 11) is -8.65. The molecule has 2 N–H and O–H groups in total. The van der Waals surface area contributed by atoms with Gasteiger partial charge in [-0.15, -0.1) is 0 Å². The molecule has 0 aliphatic carbocycles. The molecule has 11 heteroatoms. The second kappa shape index (κ2) is 10.5. The Balaban J connectivity index is 5.16. The molecule has 0 spiro atoms. The minimum absolute atomic E-state index is 0.118. The molecule has 0 rings (SSSR count). The Hall–Kier alpha value is -0.572. The van der Waals surface area contributed by atoms with Crippen LogP contribution >= 0.6 is 0 Å². The van der Waals surface area contributed by atoms with Gasteiger partial charge in [-0.05, 0) is 65.3 Å². The maximum Gasteiger partial charge on any atom is 0.469 e. The summed E-state index contributed by atoms with van der Waals surface area (Å²) in [5, 5.41) is 11.6. The van der Waals surface area contributed by atoms with Crippen LogP contribution in [0.25, 0.3) is 0 Å². The maximum absolute atomic E-state index is 11.9. The van der Waals surface area contributed by atoms with Crippen LogP contribution in [0.15, 0.2) is 12.2 Å². The number of hydrogen-bond acceptors (Lipinski definition) is 5. The molecule has 164 valence electrons. The first kappa shape index (κ1) is 27.4. The van der Waals surface area contributed by atoms with Gasteiger partial charge in [0.05, 0.1) is 6.42 Å². The number of hydrogen-bond donors (Lipinski definition) is 2. The first-order valence-electron chi connectivity index (χ1n) is 9.62. The number of carbonyl (C=O) groups is 2. The number of amides is 1. The summed E-state index contributed by atoms with van der Waals surface area (Å²) < 4.78 is 19.7. The smallest absolute Gasteiger partial charge is 0.469 e. The van der Waals surface area contributed by atoms with E-state index in [9.17, 15) is 9.59 Å². The molecule has 0 radical (unpaired) electrons. The van der Waals surface area contributed by atoms with E-state index in [-0.39, 0.29) is 17.9 Å². The summed E-state index contributed by atoms with van der Waals surface area (Å²) in [6.45, 7) is 23.0. The van der Waals surface area contributed by atoms with Crippen molar-refractivity contribution in [2.24, 2.45) is 0 Å². The first-order valence-corrected chi connectivity index (χ1v) is 21.8. The van der Waals surface area contributed by atoms with Crippen molar-refractivity contribution >= 4 is 45.6 Å². The van der Waals surface area contributed by atoms with Crippen molar-refractivity contribution in [2.75, 3.05) is 6.54 Å². The molecule has 7 nitrogen and oxygen atoms in total. The summed E-state index contributed by atoms with van der Waals surface area (Å²) in [5.74, 6) is -1.50. The maximum atomic E-state index is 11.9. The van der Waals surface area contributed by atoms with E-state index in [0.717, 1.165) is 0 Å². The van der Waals surface area contributed by atoms with E-state index in [1.807, 2.05) is 0 Å². The molecule has 0 heterocycles. The van der Waals surface area contributed by atoms with E-state index in [1.54, 1.807) is 0 Å². The van der Waals surface area contributed by atoms with Crippen molar-refractivity contribution in [3.05, 3.63) is 12.2 Å². The van der Waals surface area contributed by atoms with Gasteiger partial charge < -0.3 is 22.8 Å². The molecule has 0 aliphatic rings. The second-order valence-electron chi connectivity index (χ2n) is 9.87. The van der Waals surface area contributed by atoms with Crippen LogP contribution in [-0.4, -0.2) is 57.3 Å². The van der Waals surface area contributed by atoms with E-state index in [1.165, 1.54) is 0 Å². The van der Waals surface area contributed by atoms with Gasteiger partial charge in [0.25, 0.3) is 0 Å². The lowest BCUT2D eigenvalue weighted by Crippen LogP contribution is -2.60. The third-order valence-corrected chi connectivity index (χ3v) is 15.1. The number of carbonyl (C=O) groups excluding carboxylic acids is 1. The highest BCUT2D eigenvalue weighted by Gasteiger charge is 2.49. The summed E-state index contributed by atoms with van der Waals surface area (Å²) >= 11 is 0. The fourth-order valence-corrected chi connectivity index (χ4v) is 17.1. The van der Waals surface area contributed by atoms with Gasteiger partial charge in [-0.25, -0.2) is 4.79 Å². The van der Waals surface area contributed by atoms with Crippen molar-refractivity contribution in [1.82, 2.24) is 5.32 Å². The Labute approximate surface area is 174 Å². The van der Waals surface area contributed by atoms with Crippen molar-refractivity contribution in [1.29, 1.82) is 0 Å². The lowest BCUT2D eigenvalue weighted by Gasteiger charge is -2.43. The van der Waals surface area contributed by atoms with Gasteiger partial charge in [-0.1, -0.05) is 6.58 Å². The first-order chi connectivity index (χ1) is 12.3. The molecular weight excluding hydrogens is 427 g/mol. The molecule has 0 aromatic rings. The molecule has 28 heavy (non-hydrogen) atoms. The van der Waals surface area contributed by atoms with Crippen molar-refractivity contribution in [3.63, 3.8) is 0 Å². The largest absolute Gasteiger partial charge is 0.478 e. The van der Waals surface area contributed by atoms with Crippen molar-refractivity contribution in [3.8, 4) is 0 Å². The molecule has 0 fully saturated rings. The number of aliphatic carboxylic acids is 1. The van der Waals surface area contributed by atoms with Gasteiger partial charge in [0.15, 0.2) is 25.0 Å². The Kier molecular flexibility index (Phi) is 10.2. The highest BCUT2D eigenvalue weighted by atomic mass is 28.5. The highest BCUT2D eigenvalue weighted by Crippen LogP contribution is 2.29. The van der Waals surface area contributed by atoms with Gasteiger partial charge in [0.1, 0.15) is 0 Å². The molecule has 0 saturated heterocycles. The quantitative estimate of drug-likeness (QED) is 0.242. The Bertz CT molecular complexity index is 523. The van der Waals surface area contributed by atoms with Crippen molar-refractivity contribution in [2.45, 2.75) is 77.8 Å². The standard InChI is InChI=1S/C17H39NO6Si4/c1-15(17(20)21)14-16(19)18-12-11-13-28(22-25(2,3)4,23-26(5,6)7)24-27(8,9)10/h1,11-14H2,2-10H3,(H,18,19)(H,20,21). The molecule has 0 atom stereocenters. The minimum atomic E-state index is -2.90. The van der Waals surface area contributed by atoms with Crippen LogP contribution in [0.2, 0.25) is 65.0 Å². The van der Waals surface area contributed by atoms with Gasteiger partial charge in [0, 0.05) is 18.2 Å². The molecule has 0 saturated carbocycles. The van der Waals surface area contributed by atoms with Crippen LogP contribution in [0.3, 0.4) is 0 Å². The molecule has 0 aliphatic heterocycles. The van der Waals surface area contributed by atoms with Gasteiger partial charge in [-0.3, -0.25) is 4.79 Å². The summed E-state index contributed by atoms with van der Waals surface area (Å²) in [5.41, 5.74) is -0.118. The van der Waals surface area contributed by atoms with Crippen LogP contribution in [0.4, 0.5) is 0 Å². The lowest BCUT2D eigenvalue weighted by molar-refractivity contribution is -0.134. The number of carboxylic acid groups (broad SMARTS) is 1. The lowest BCUT2D eigenvalue weighted by atomic mass is 10.2. The Morgan fingerprint density at radius 1 is 0.857 bits per heavy atom. The van der Waals surface area contributed by atoms with Crippen LogP contribution in [-0.2, 0) is 21.9 Å². The Morgan fingerprint density at radius 3 is 1.57 bits per heavy atom. The monoisotopic (exact) mass is 465 g/mol. The number of carboxylic acids is 1. The predicted octanol–water partition coefficient (Wildman–Crippen LogP) is 4.02. The summed E-state index contributed by atoms with van der Waals surface area (Å²) in [6.07, 6.45) is 0.442. The van der Waals surface area contributed by atoms with E-state index in [0.29, 0.717) is 19.0 Å². The topological polar surface area (TPSA) is 94.1 Å². The zero-order valence-electron chi connectivity index (χ0n) is 19.0.